The Bertz CT molecular complexity index is 1020. The number of halogens is 1. The number of benzene rings is 1. The zero-order chi connectivity index (χ0) is 19.4. The van der Waals surface area contributed by atoms with Crippen molar-refractivity contribution in [2.45, 2.75) is 32.7 Å². The second-order valence-electron chi connectivity index (χ2n) is 6.08. The molecule has 8 nitrogen and oxygen atoms in total. The molecule has 2 heterocycles. The molecule has 9 heteroatoms. The van der Waals surface area contributed by atoms with Crippen molar-refractivity contribution in [2.75, 3.05) is 7.11 Å². The number of unbranched alkanes of at least 4 members (excludes halogenated alkanes) is 1. The van der Waals surface area contributed by atoms with Gasteiger partial charge in [-0.25, -0.2) is 14.8 Å². The van der Waals surface area contributed by atoms with E-state index in [1.807, 2.05) is 24.3 Å². The number of nitrogens with two attached hydrogens (primary N) is 1. The third kappa shape index (κ3) is 4.36. The Morgan fingerprint density at radius 1 is 1.33 bits per heavy atom. The van der Waals surface area contributed by atoms with Crippen molar-refractivity contribution < 1.29 is 4.74 Å². The molecule has 0 fully saturated rings. The number of ether oxygens (including phenoxy) is 1. The van der Waals surface area contributed by atoms with E-state index in [2.05, 4.69) is 42.8 Å². The molecule has 0 spiro atoms. The van der Waals surface area contributed by atoms with Gasteiger partial charge in [-0.05, 0) is 40.0 Å². The van der Waals surface area contributed by atoms with Crippen molar-refractivity contribution >= 4 is 38.7 Å². The van der Waals surface area contributed by atoms with Crippen molar-refractivity contribution in [1.82, 2.24) is 19.5 Å². The van der Waals surface area contributed by atoms with Gasteiger partial charge < -0.3 is 15.5 Å². The number of hydrogen-bond acceptors (Lipinski definition) is 5. The Morgan fingerprint density at radius 2 is 2.07 bits per heavy atom. The predicted molar refractivity (Wildman–Crippen MR) is 109 cm³/mol. The number of H-pyrrole nitrogens is 1. The highest BCUT2D eigenvalue weighted by Gasteiger charge is 2.14. The number of imidazole rings is 1. The Hall–Kier alpha value is -2.68. The number of aryl methyl sites for hydroxylation is 1. The summed E-state index contributed by atoms with van der Waals surface area (Å²) in [5.74, 6) is 1.37. The average molecular weight is 433 g/mol. The van der Waals surface area contributed by atoms with Crippen molar-refractivity contribution in [3.8, 4) is 5.75 Å². The Morgan fingerprint density at radius 3 is 2.74 bits per heavy atom. The number of amidine groups is 1. The summed E-state index contributed by atoms with van der Waals surface area (Å²) >= 11 is 3.32. The molecule has 0 unspecified atom stereocenters. The van der Waals surface area contributed by atoms with Gasteiger partial charge in [0.25, 0.3) is 0 Å². The van der Waals surface area contributed by atoms with Gasteiger partial charge in [0.2, 0.25) is 0 Å². The van der Waals surface area contributed by atoms with Crippen LogP contribution in [0.25, 0.3) is 11.2 Å². The summed E-state index contributed by atoms with van der Waals surface area (Å²) in [4.78, 5) is 28.3. The van der Waals surface area contributed by atoms with Gasteiger partial charge in [0.05, 0.1) is 7.11 Å². The van der Waals surface area contributed by atoms with E-state index < -0.39 is 0 Å². The number of nitrogens with zero attached hydrogens (tertiary/aromatic N) is 4. The maximum atomic E-state index is 12.4. The smallest absolute Gasteiger partial charge is 0.351 e. The minimum Gasteiger partial charge on any atom is -0.497 e. The number of rotatable bonds is 7. The Labute approximate surface area is 164 Å². The molecule has 0 bridgehead atoms. The van der Waals surface area contributed by atoms with E-state index in [0.29, 0.717) is 34.7 Å². The maximum absolute atomic E-state index is 12.4. The van der Waals surface area contributed by atoms with Gasteiger partial charge in [0.1, 0.15) is 17.1 Å². The number of aromatic amines is 1. The van der Waals surface area contributed by atoms with Crippen LogP contribution in [-0.4, -0.2) is 32.5 Å². The maximum Gasteiger partial charge on any atom is 0.351 e. The molecule has 0 saturated carbocycles. The van der Waals surface area contributed by atoms with Crippen LogP contribution in [-0.2, 0) is 13.0 Å². The van der Waals surface area contributed by atoms with Crippen LogP contribution >= 0.6 is 15.9 Å². The highest BCUT2D eigenvalue weighted by Crippen LogP contribution is 2.22. The van der Waals surface area contributed by atoms with Crippen LogP contribution in [0.3, 0.4) is 0 Å². The monoisotopic (exact) mass is 432 g/mol. The normalized spacial score (nSPS) is 11.9. The van der Waals surface area contributed by atoms with Gasteiger partial charge in [-0.15, -0.1) is 0 Å². The number of aliphatic imine (C=N–C) groups is 1. The molecule has 0 aliphatic rings. The van der Waals surface area contributed by atoms with Gasteiger partial charge in [-0.2, -0.15) is 4.98 Å². The molecule has 3 aromatic rings. The van der Waals surface area contributed by atoms with Gasteiger partial charge in [0.15, 0.2) is 16.2 Å². The standard InChI is InChI=1S/C18H21BrN6O2/c1-3-4-9-25-16-14(22-17(19)24-16)15(23-18(25)26)21-13(20)10-11-5-7-12(27-2)8-6-11/h5-8H,3-4,9-10H2,1-2H3,(H,22,24)(H2,20,21,23,26). The first kappa shape index (κ1) is 19.1. The van der Waals surface area contributed by atoms with Crippen molar-refractivity contribution in [3.05, 3.63) is 45.0 Å². The second kappa shape index (κ2) is 8.34. The third-order valence-corrected chi connectivity index (χ3v) is 4.47. The lowest BCUT2D eigenvalue weighted by Crippen LogP contribution is -2.24. The van der Waals surface area contributed by atoms with Gasteiger partial charge in [-0.1, -0.05) is 25.5 Å². The largest absolute Gasteiger partial charge is 0.497 e. The number of hydrogen-bond donors (Lipinski definition) is 2. The average Bonchev–Trinajstić information content (AvgIpc) is 3.03. The van der Waals surface area contributed by atoms with Crippen LogP contribution in [0, 0.1) is 0 Å². The zero-order valence-corrected chi connectivity index (χ0v) is 16.8. The van der Waals surface area contributed by atoms with E-state index in [-0.39, 0.29) is 11.5 Å². The van der Waals surface area contributed by atoms with Crippen molar-refractivity contribution in [1.29, 1.82) is 0 Å². The van der Waals surface area contributed by atoms with Crippen molar-refractivity contribution in [2.24, 2.45) is 10.7 Å². The summed E-state index contributed by atoms with van der Waals surface area (Å²) in [5.41, 5.74) is 7.80. The molecule has 0 radical (unpaired) electrons. The fourth-order valence-electron chi connectivity index (χ4n) is 2.71. The Kier molecular flexibility index (Phi) is 5.90. The summed E-state index contributed by atoms with van der Waals surface area (Å²) in [6.07, 6.45) is 2.26. The molecule has 0 saturated heterocycles. The van der Waals surface area contributed by atoms with E-state index in [0.717, 1.165) is 24.2 Å². The zero-order valence-electron chi connectivity index (χ0n) is 15.2. The molecule has 3 rings (SSSR count). The number of fused-ring (bicyclic) bond motifs is 1. The first-order valence-corrected chi connectivity index (χ1v) is 9.43. The van der Waals surface area contributed by atoms with Crippen LogP contribution in [0.15, 0.2) is 38.8 Å². The minimum absolute atomic E-state index is 0.243. The molecule has 0 aliphatic heterocycles. The third-order valence-electron chi connectivity index (χ3n) is 4.10. The summed E-state index contributed by atoms with van der Waals surface area (Å²) in [6, 6.07) is 7.56. The van der Waals surface area contributed by atoms with Crippen LogP contribution in [0.5, 0.6) is 5.75 Å². The van der Waals surface area contributed by atoms with Gasteiger partial charge in [0, 0.05) is 13.0 Å². The van der Waals surface area contributed by atoms with Crippen LogP contribution in [0.2, 0.25) is 0 Å². The molecule has 0 aliphatic carbocycles. The molecule has 27 heavy (non-hydrogen) atoms. The molecular formula is C18H21BrN6O2. The second-order valence-corrected chi connectivity index (χ2v) is 6.83. The quantitative estimate of drug-likeness (QED) is 0.338. The molecular weight excluding hydrogens is 412 g/mol. The van der Waals surface area contributed by atoms with Gasteiger partial charge in [-0.3, -0.25) is 4.57 Å². The first-order chi connectivity index (χ1) is 13.0. The molecule has 0 amide bonds. The summed E-state index contributed by atoms with van der Waals surface area (Å²) in [5, 5.41) is 0. The van der Waals surface area contributed by atoms with E-state index in [4.69, 9.17) is 10.5 Å². The number of aromatic nitrogens is 4. The van der Waals surface area contributed by atoms with Crippen molar-refractivity contribution in [3.63, 3.8) is 0 Å². The lowest BCUT2D eigenvalue weighted by Gasteiger charge is -2.07. The predicted octanol–water partition coefficient (Wildman–Crippen LogP) is 2.92. The molecule has 1 aromatic carbocycles. The topological polar surface area (TPSA) is 111 Å². The van der Waals surface area contributed by atoms with Gasteiger partial charge >= 0.3 is 5.69 Å². The van der Waals surface area contributed by atoms with Crippen LogP contribution in [0.1, 0.15) is 25.3 Å². The molecule has 3 N–H and O–H groups in total. The van der Waals surface area contributed by atoms with E-state index in [1.165, 1.54) is 0 Å². The van der Waals surface area contributed by atoms with E-state index >= 15 is 0 Å². The first-order valence-electron chi connectivity index (χ1n) is 8.63. The Balaban J connectivity index is 1.95. The number of nitrogens with one attached hydrogen (secondary N) is 1. The number of methoxy groups -OCH3 is 1. The minimum atomic E-state index is -0.383. The lowest BCUT2D eigenvalue weighted by molar-refractivity contribution is 0.414. The highest BCUT2D eigenvalue weighted by atomic mass is 79.9. The SMILES string of the molecule is CCCCn1c(=O)nc(N=C(N)Cc2ccc(OC)cc2)c2[nH]c(Br)nc21. The summed E-state index contributed by atoms with van der Waals surface area (Å²) in [6.45, 7) is 2.62. The molecule has 0 atom stereocenters. The van der Waals surface area contributed by atoms with E-state index in [1.54, 1.807) is 11.7 Å². The fourth-order valence-corrected chi connectivity index (χ4v) is 3.08. The lowest BCUT2D eigenvalue weighted by atomic mass is 10.1. The summed E-state index contributed by atoms with van der Waals surface area (Å²) < 4.78 is 7.22. The van der Waals surface area contributed by atoms with Crippen LogP contribution < -0.4 is 16.2 Å². The molecule has 142 valence electrons. The fraction of sp³-hybridized carbons (Fsp3) is 0.333. The van der Waals surface area contributed by atoms with Crippen LogP contribution in [0.4, 0.5) is 5.82 Å². The highest BCUT2D eigenvalue weighted by molar-refractivity contribution is 9.10. The van der Waals surface area contributed by atoms with E-state index in [9.17, 15) is 4.79 Å². The summed E-state index contributed by atoms with van der Waals surface area (Å²) in [7, 11) is 1.62. The molecule has 2 aromatic heterocycles.